The summed E-state index contributed by atoms with van der Waals surface area (Å²) in [6.45, 7) is 0. The minimum absolute atomic E-state index is 0.323. The van der Waals surface area contributed by atoms with Crippen LogP contribution >= 0.6 is 0 Å². The molecule has 0 amide bonds. The number of benzene rings is 10. The molecule has 0 aliphatic rings. The average Bonchev–Trinajstić information content (AvgIpc) is 3.29. The summed E-state index contributed by atoms with van der Waals surface area (Å²) in [5.41, 5.74) is 5.17. The van der Waals surface area contributed by atoms with Gasteiger partial charge in [-0.2, -0.15) is 0 Å². The Bertz CT molecular complexity index is 2880. The van der Waals surface area contributed by atoms with Crippen LogP contribution in [-0.2, 0) is 35.3 Å². The fourth-order valence-corrected chi connectivity index (χ4v) is 9.42. The molecule has 0 spiro atoms. The van der Waals surface area contributed by atoms with Crippen LogP contribution in [-0.4, -0.2) is 11.9 Å². The Morgan fingerprint density at radius 1 is 0.317 bits per heavy atom. The Morgan fingerprint density at radius 3 is 1.05 bits per heavy atom. The minimum atomic E-state index is -1.04. The van der Waals surface area contributed by atoms with Crippen molar-refractivity contribution >= 4 is 76.6 Å². The van der Waals surface area contributed by atoms with Crippen molar-refractivity contribution in [2.45, 2.75) is 64.2 Å². The van der Waals surface area contributed by atoms with Crippen LogP contribution in [0, 0.1) is 0 Å². The zero-order valence-electron chi connectivity index (χ0n) is 33.7. The third-order valence-corrected chi connectivity index (χ3v) is 12.5. The van der Waals surface area contributed by atoms with Crippen LogP contribution < -0.4 is 9.47 Å². The summed E-state index contributed by atoms with van der Waals surface area (Å²) in [7, 11) is 0. The maximum atomic E-state index is 12.6. The topological polar surface area (TPSA) is 52.6 Å². The second-order valence-corrected chi connectivity index (χ2v) is 16.3. The monoisotopic (exact) mass is 782 g/mol. The molecular formula is C56H46O4. The summed E-state index contributed by atoms with van der Waals surface area (Å²) in [6, 6.07) is 55.1. The summed E-state index contributed by atoms with van der Waals surface area (Å²) in [4.78, 5) is 25.2. The normalized spacial score (nSPS) is 11.8. The van der Waals surface area contributed by atoms with Crippen LogP contribution in [0.5, 0.6) is 11.5 Å². The molecule has 0 radical (unpaired) electrons. The van der Waals surface area contributed by atoms with Crippen molar-refractivity contribution in [3.8, 4) is 11.5 Å². The van der Waals surface area contributed by atoms with Crippen LogP contribution in [0.15, 0.2) is 158 Å². The second kappa shape index (κ2) is 16.5. The summed E-state index contributed by atoms with van der Waals surface area (Å²) in [5.74, 6) is -1.43. The summed E-state index contributed by atoms with van der Waals surface area (Å²) in [5, 5.41) is 16.1. The fourth-order valence-electron chi connectivity index (χ4n) is 9.42. The fraction of sp³-hybridized carbons (Fsp3) is 0.179. The molecule has 0 unspecified atom stereocenters. The number of ether oxygens (including phenoxy) is 2. The Hall–Kier alpha value is -6.78. The van der Waals surface area contributed by atoms with E-state index in [2.05, 4.69) is 109 Å². The van der Waals surface area contributed by atoms with Crippen molar-refractivity contribution in [3.05, 3.63) is 180 Å². The maximum absolute atomic E-state index is 12.6. The van der Waals surface area contributed by atoms with Crippen molar-refractivity contribution in [1.29, 1.82) is 0 Å². The number of aryl methyl sites for hydroxylation is 4. The third kappa shape index (κ3) is 7.50. The van der Waals surface area contributed by atoms with E-state index in [4.69, 9.17) is 9.47 Å². The Balaban J connectivity index is 0.646. The first-order valence-corrected chi connectivity index (χ1v) is 21.5. The standard InChI is InChI=1S/C56H46O4/c57-55(59-47-31-17-37(18-32-47)9-3-1-5-11-39-21-23-45-27-25-41-13-7-15-43-29-35-49(39)53(45)51(41)43)56(58)60-48-33-19-38(20-34-48)10-4-2-6-12-40-22-24-46-28-26-42-14-8-16-44-30-36-50(40)54(46)52(42)44/h7-8,13-36H,1-6,9-12H2. The van der Waals surface area contributed by atoms with Gasteiger partial charge >= 0.3 is 11.9 Å². The van der Waals surface area contributed by atoms with Crippen molar-refractivity contribution in [3.63, 3.8) is 0 Å². The highest BCUT2D eigenvalue weighted by molar-refractivity contribution is 6.31. The summed E-state index contributed by atoms with van der Waals surface area (Å²) < 4.78 is 10.7. The molecule has 294 valence electrons. The van der Waals surface area contributed by atoms with Gasteiger partial charge in [0.25, 0.3) is 0 Å². The van der Waals surface area contributed by atoms with Gasteiger partial charge in [-0.25, -0.2) is 9.59 Å². The van der Waals surface area contributed by atoms with E-state index in [0.717, 1.165) is 64.2 Å². The van der Waals surface area contributed by atoms with Crippen LogP contribution in [0.4, 0.5) is 0 Å². The van der Waals surface area contributed by atoms with Crippen molar-refractivity contribution in [2.75, 3.05) is 0 Å². The van der Waals surface area contributed by atoms with Gasteiger partial charge in [0.05, 0.1) is 0 Å². The molecule has 0 saturated carbocycles. The molecule has 4 heteroatoms. The first-order valence-electron chi connectivity index (χ1n) is 21.5. The van der Waals surface area contributed by atoms with Gasteiger partial charge in [0.15, 0.2) is 0 Å². The number of hydrogen-bond donors (Lipinski definition) is 0. The molecule has 0 saturated heterocycles. The predicted octanol–water partition coefficient (Wildman–Crippen LogP) is 13.9. The molecule has 10 rings (SSSR count). The third-order valence-electron chi connectivity index (χ3n) is 12.5. The van der Waals surface area contributed by atoms with E-state index in [1.165, 1.54) is 86.9 Å². The van der Waals surface area contributed by atoms with Crippen molar-refractivity contribution < 1.29 is 19.1 Å². The predicted molar refractivity (Wildman–Crippen MR) is 247 cm³/mol. The lowest BCUT2D eigenvalue weighted by Crippen LogP contribution is -2.25. The lowest BCUT2D eigenvalue weighted by atomic mass is 9.90. The van der Waals surface area contributed by atoms with E-state index >= 15 is 0 Å². The molecule has 4 nitrogen and oxygen atoms in total. The molecule has 0 atom stereocenters. The molecule has 0 aromatic heterocycles. The molecule has 10 aromatic rings. The van der Waals surface area contributed by atoms with E-state index in [1.807, 2.05) is 24.3 Å². The van der Waals surface area contributed by atoms with Gasteiger partial charge in [0.1, 0.15) is 11.5 Å². The number of unbranched alkanes of at least 4 members (excludes halogenated alkanes) is 4. The Labute approximate surface area is 350 Å². The van der Waals surface area contributed by atoms with E-state index in [1.54, 1.807) is 24.3 Å². The Kier molecular flexibility index (Phi) is 10.3. The number of hydrogen-bond acceptors (Lipinski definition) is 4. The molecule has 0 aliphatic carbocycles. The van der Waals surface area contributed by atoms with Crippen LogP contribution in [0.1, 0.15) is 60.8 Å². The van der Waals surface area contributed by atoms with Gasteiger partial charge in [-0.1, -0.05) is 146 Å². The largest absolute Gasteiger partial charge is 0.423 e. The zero-order chi connectivity index (χ0) is 40.4. The number of esters is 2. The maximum Gasteiger partial charge on any atom is 0.423 e. The van der Waals surface area contributed by atoms with Gasteiger partial charge in [-0.3, -0.25) is 0 Å². The lowest BCUT2D eigenvalue weighted by molar-refractivity contribution is -0.156. The van der Waals surface area contributed by atoms with Gasteiger partial charge in [0, 0.05) is 0 Å². The SMILES string of the molecule is O=C(Oc1ccc(CCCCCc2ccc3ccc4cccc5ccc2c3c45)cc1)C(=O)Oc1ccc(CCCCCc2ccc3ccc4cccc5ccc2c3c45)cc1. The van der Waals surface area contributed by atoms with Crippen LogP contribution in [0.2, 0.25) is 0 Å². The molecule has 0 N–H and O–H groups in total. The number of carbonyl (C=O) groups is 2. The van der Waals surface area contributed by atoms with Gasteiger partial charge in [-0.15, -0.1) is 0 Å². The second-order valence-electron chi connectivity index (χ2n) is 16.3. The molecule has 10 aromatic carbocycles. The quantitative estimate of drug-likeness (QED) is 0.0362. The van der Waals surface area contributed by atoms with E-state index in [0.29, 0.717) is 11.5 Å². The minimum Gasteiger partial charge on any atom is -0.418 e. The highest BCUT2D eigenvalue weighted by atomic mass is 16.6. The van der Waals surface area contributed by atoms with Crippen LogP contribution in [0.25, 0.3) is 64.6 Å². The summed E-state index contributed by atoms with van der Waals surface area (Å²) >= 11 is 0. The van der Waals surface area contributed by atoms with E-state index in [9.17, 15) is 9.59 Å². The van der Waals surface area contributed by atoms with E-state index < -0.39 is 11.9 Å². The first kappa shape index (κ1) is 37.5. The number of rotatable bonds is 14. The number of carbonyl (C=O) groups excluding carboxylic acids is 2. The smallest absolute Gasteiger partial charge is 0.418 e. The highest BCUT2D eigenvalue weighted by Crippen LogP contribution is 2.38. The van der Waals surface area contributed by atoms with E-state index in [-0.39, 0.29) is 0 Å². The van der Waals surface area contributed by atoms with Crippen LogP contribution in [0.3, 0.4) is 0 Å². The zero-order valence-corrected chi connectivity index (χ0v) is 33.7. The van der Waals surface area contributed by atoms with Crippen molar-refractivity contribution in [2.24, 2.45) is 0 Å². The highest BCUT2D eigenvalue weighted by Gasteiger charge is 2.20. The van der Waals surface area contributed by atoms with Gasteiger partial charge < -0.3 is 9.47 Å². The molecule has 0 aliphatic heterocycles. The van der Waals surface area contributed by atoms with Gasteiger partial charge in [0.2, 0.25) is 0 Å². The summed E-state index contributed by atoms with van der Waals surface area (Å²) in [6.07, 6.45) is 10.6. The molecule has 60 heavy (non-hydrogen) atoms. The molecule has 0 bridgehead atoms. The van der Waals surface area contributed by atoms with Gasteiger partial charge in [-0.05, 0) is 163 Å². The van der Waals surface area contributed by atoms with Crippen molar-refractivity contribution in [1.82, 2.24) is 0 Å². The molecular weight excluding hydrogens is 737 g/mol. The lowest BCUT2D eigenvalue weighted by Gasteiger charge is -2.14. The first-order chi connectivity index (χ1) is 29.6. The molecule has 0 heterocycles. The Morgan fingerprint density at radius 2 is 0.650 bits per heavy atom. The molecule has 0 fully saturated rings. The average molecular weight is 783 g/mol.